The highest BCUT2D eigenvalue weighted by molar-refractivity contribution is 5.80. The third-order valence-electron chi connectivity index (χ3n) is 4.46. The summed E-state index contributed by atoms with van der Waals surface area (Å²) >= 11 is 0. The van der Waals surface area contributed by atoms with Crippen molar-refractivity contribution in [3.63, 3.8) is 0 Å². The molecule has 0 unspecified atom stereocenters. The molecule has 9 heteroatoms. The first kappa shape index (κ1) is 15.3. The van der Waals surface area contributed by atoms with E-state index in [4.69, 9.17) is 9.47 Å². The van der Waals surface area contributed by atoms with Gasteiger partial charge in [0.05, 0.1) is 30.6 Å². The van der Waals surface area contributed by atoms with Gasteiger partial charge in [-0.25, -0.2) is 4.68 Å². The molecule has 0 radical (unpaired) electrons. The summed E-state index contributed by atoms with van der Waals surface area (Å²) in [5, 5.41) is 15.5. The Kier molecular flexibility index (Phi) is 4.03. The Balaban J connectivity index is 1.39. The number of aryl methyl sites for hydroxylation is 1. The van der Waals surface area contributed by atoms with Crippen LogP contribution in [-0.4, -0.2) is 56.0 Å². The van der Waals surface area contributed by atoms with Crippen LogP contribution in [0.1, 0.15) is 18.5 Å². The van der Waals surface area contributed by atoms with Gasteiger partial charge in [-0.3, -0.25) is 9.48 Å². The molecule has 1 amide bonds. The van der Waals surface area contributed by atoms with Crippen molar-refractivity contribution in [3.8, 4) is 11.4 Å². The van der Waals surface area contributed by atoms with Crippen molar-refractivity contribution in [1.29, 1.82) is 0 Å². The summed E-state index contributed by atoms with van der Waals surface area (Å²) in [6, 6.07) is 1.90. The van der Waals surface area contributed by atoms with Crippen LogP contribution in [0.2, 0.25) is 0 Å². The predicted octanol–water partition coefficient (Wildman–Crippen LogP) is -0.127. The number of ether oxygens (including phenoxy) is 2. The predicted molar refractivity (Wildman–Crippen MR) is 82.8 cm³/mol. The van der Waals surface area contributed by atoms with Gasteiger partial charge in [-0.15, -0.1) is 5.10 Å². The molecule has 2 aliphatic heterocycles. The summed E-state index contributed by atoms with van der Waals surface area (Å²) in [6.07, 6.45) is 3.03. The van der Waals surface area contributed by atoms with Gasteiger partial charge in [0.1, 0.15) is 11.8 Å². The maximum Gasteiger partial charge on any atom is 0.249 e. The highest BCUT2D eigenvalue weighted by Crippen LogP contribution is 2.24. The fourth-order valence-electron chi connectivity index (χ4n) is 3.11. The number of carbonyl (C=O) groups is 1. The van der Waals surface area contributed by atoms with Crippen molar-refractivity contribution in [2.45, 2.75) is 38.2 Å². The van der Waals surface area contributed by atoms with Crippen molar-refractivity contribution in [1.82, 2.24) is 30.1 Å². The van der Waals surface area contributed by atoms with Crippen molar-refractivity contribution >= 4 is 5.91 Å². The Hall–Kier alpha value is -2.26. The van der Waals surface area contributed by atoms with E-state index in [1.807, 2.05) is 17.8 Å². The lowest BCUT2D eigenvalue weighted by molar-refractivity contribution is -0.131. The van der Waals surface area contributed by atoms with Crippen molar-refractivity contribution in [2.75, 3.05) is 13.2 Å². The maximum absolute atomic E-state index is 12.0. The highest BCUT2D eigenvalue weighted by atomic mass is 16.5. The van der Waals surface area contributed by atoms with Crippen LogP contribution in [0.25, 0.3) is 11.4 Å². The summed E-state index contributed by atoms with van der Waals surface area (Å²) in [5.74, 6) is -0.0592. The summed E-state index contributed by atoms with van der Waals surface area (Å²) in [6.45, 7) is 2.08. The van der Waals surface area contributed by atoms with Gasteiger partial charge in [0.25, 0.3) is 0 Å². The van der Waals surface area contributed by atoms with Crippen LogP contribution in [-0.2, 0) is 34.5 Å². The van der Waals surface area contributed by atoms with Crippen LogP contribution in [0.4, 0.5) is 0 Å². The van der Waals surface area contributed by atoms with E-state index in [9.17, 15) is 4.79 Å². The van der Waals surface area contributed by atoms with Crippen LogP contribution >= 0.6 is 0 Å². The molecule has 2 aliphatic rings. The molecule has 4 rings (SSSR count). The monoisotopic (exact) mass is 332 g/mol. The molecule has 24 heavy (non-hydrogen) atoms. The molecule has 1 saturated heterocycles. The van der Waals surface area contributed by atoms with E-state index in [1.165, 1.54) is 0 Å². The second-order valence-corrected chi connectivity index (χ2v) is 6.09. The maximum atomic E-state index is 12.0. The van der Waals surface area contributed by atoms with Crippen molar-refractivity contribution in [2.24, 2.45) is 7.05 Å². The molecule has 1 N–H and O–H groups in total. The second-order valence-electron chi connectivity index (χ2n) is 6.09. The minimum atomic E-state index is -0.313. The van der Waals surface area contributed by atoms with Gasteiger partial charge in [0, 0.05) is 26.4 Å². The van der Waals surface area contributed by atoms with E-state index in [0.717, 1.165) is 29.9 Å². The highest BCUT2D eigenvalue weighted by Gasteiger charge is 2.28. The molecule has 4 heterocycles. The normalized spacial score (nSPS) is 23.2. The average molecular weight is 332 g/mol. The van der Waals surface area contributed by atoms with Gasteiger partial charge in [0.2, 0.25) is 5.91 Å². The van der Waals surface area contributed by atoms with E-state index in [0.29, 0.717) is 26.3 Å². The SMILES string of the molecule is Cn1nccc1-c1nnn2c1CO[C@@H](CNC(=O)[C@H]1CCCO1)C2. The van der Waals surface area contributed by atoms with E-state index in [2.05, 4.69) is 20.7 Å². The molecule has 9 nitrogen and oxygen atoms in total. The molecule has 1 fully saturated rings. The smallest absolute Gasteiger partial charge is 0.249 e. The lowest BCUT2D eigenvalue weighted by atomic mass is 10.2. The number of rotatable bonds is 4. The first-order valence-corrected chi connectivity index (χ1v) is 8.14. The third-order valence-corrected chi connectivity index (χ3v) is 4.46. The molecular weight excluding hydrogens is 312 g/mol. The average Bonchev–Trinajstić information content (AvgIpc) is 3.32. The van der Waals surface area contributed by atoms with Gasteiger partial charge in [-0.2, -0.15) is 5.10 Å². The van der Waals surface area contributed by atoms with Crippen molar-refractivity contribution < 1.29 is 14.3 Å². The van der Waals surface area contributed by atoms with Gasteiger partial charge in [0.15, 0.2) is 0 Å². The Morgan fingerprint density at radius 1 is 1.46 bits per heavy atom. The molecule has 0 saturated carbocycles. The Morgan fingerprint density at radius 2 is 2.38 bits per heavy atom. The fraction of sp³-hybridized carbons (Fsp3) is 0.600. The zero-order chi connectivity index (χ0) is 16.5. The first-order chi connectivity index (χ1) is 11.7. The number of hydrogen-bond donors (Lipinski definition) is 1. The lowest BCUT2D eigenvalue weighted by Crippen LogP contribution is -2.42. The van der Waals surface area contributed by atoms with Crippen LogP contribution in [0.5, 0.6) is 0 Å². The topological polar surface area (TPSA) is 96.1 Å². The van der Waals surface area contributed by atoms with Crippen LogP contribution in [0, 0.1) is 0 Å². The number of hydrogen-bond acceptors (Lipinski definition) is 6. The largest absolute Gasteiger partial charge is 0.368 e. The van der Waals surface area contributed by atoms with Gasteiger partial charge >= 0.3 is 0 Å². The molecule has 0 spiro atoms. The number of nitrogens with one attached hydrogen (secondary N) is 1. The summed E-state index contributed by atoms with van der Waals surface area (Å²) in [5.41, 5.74) is 2.63. The van der Waals surface area contributed by atoms with E-state index in [-0.39, 0.29) is 18.1 Å². The van der Waals surface area contributed by atoms with Gasteiger partial charge in [-0.05, 0) is 18.9 Å². The molecule has 0 aliphatic carbocycles. The lowest BCUT2D eigenvalue weighted by Gasteiger charge is -2.24. The zero-order valence-corrected chi connectivity index (χ0v) is 13.5. The van der Waals surface area contributed by atoms with Crippen LogP contribution in [0.15, 0.2) is 12.3 Å². The molecule has 2 aromatic rings. The molecule has 0 aromatic carbocycles. The van der Waals surface area contributed by atoms with Gasteiger partial charge < -0.3 is 14.8 Å². The number of amides is 1. The quantitative estimate of drug-likeness (QED) is 0.838. The van der Waals surface area contributed by atoms with E-state index < -0.39 is 0 Å². The molecule has 2 aromatic heterocycles. The zero-order valence-electron chi connectivity index (χ0n) is 13.5. The first-order valence-electron chi connectivity index (χ1n) is 8.14. The number of carbonyl (C=O) groups excluding carboxylic acids is 1. The van der Waals surface area contributed by atoms with Gasteiger partial charge in [-0.1, -0.05) is 5.21 Å². The third kappa shape index (κ3) is 2.80. The Labute approximate surface area is 138 Å². The van der Waals surface area contributed by atoms with E-state index in [1.54, 1.807) is 10.9 Å². The van der Waals surface area contributed by atoms with Crippen LogP contribution < -0.4 is 5.32 Å². The summed E-state index contributed by atoms with van der Waals surface area (Å²) < 4.78 is 14.9. The van der Waals surface area contributed by atoms with E-state index >= 15 is 0 Å². The summed E-state index contributed by atoms with van der Waals surface area (Å²) in [7, 11) is 1.87. The summed E-state index contributed by atoms with van der Waals surface area (Å²) in [4.78, 5) is 12.0. The number of fused-ring (bicyclic) bond motifs is 1. The minimum absolute atomic E-state index is 0.0592. The molecular formula is C15H20N6O3. The second kappa shape index (κ2) is 6.33. The molecule has 2 atom stereocenters. The minimum Gasteiger partial charge on any atom is -0.368 e. The van der Waals surface area contributed by atoms with Crippen LogP contribution in [0.3, 0.4) is 0 Å². The molecule has 0 bridgehead atoms. The van der Waals surface area contributed by atoms with Crippen molar-refractivity contribution in [3.05, 3.63) is 18.0 Å². The standard InChI is InChI=1S/C15H20N6O3/c1-20-11(4-5-17-20)14-12-9-24-10(8-21(12)19-18-14)7-16-15(22)13-3-2-6-23-13/h4-5,10,13H,2-3,6-9H2,1H3,(H,16,22)/t10-,13+/m0/s1. The Morgan fingerprint density at radius 3 is 3.12 bits per heavy atom. The number of aromatic nitrogens is 5. The number of nitrogens with zero attached hydrogens (tertiary/aromatic N) is 5. The molecule has 128 valence electrons. The fourth-order valence-corrected chi connectivity index (χ4v) is 3.11. The Bertz CT molecular complexity index is 733.